The smallest absolute Gasteiger partial charge is 0.258 e. The van der Waals surface area contributed by atoms with E-state index >= 15 is 0 Å². The fourth-order valence-electron chi connectivity index (χ4n) is 3.48. The predicted octanol–water partition coefficient (Wildman–Crippen LogP) is 4.33. The number of rotatable bonds is 3. The van der Waals surface area contributed by atoms with Gasteiger partial charge >= 0.3 is 0 Å². The summed E-state index contributed by atoms with van der Waals surface area (Å²) < 4.78 is 3.62. The molecule has 0 aliphatic heterocycles. The molecule has 2 aromatic carbocycles. The Bertz CT molecular complexity index is 1230. The van der Waals surface area contributed by atoms with Crippen molar-refractivity contribution in [3.8, 4) is 0 Å². The van der Waals surface area contributed by atoms with Crippen molar-refractivity contribution in [3.05, 3.63) is 76.8 Å². The van der Waals surface area contributed by atoms with E-state index < -0.39 is 0 Å². The molecule has 2 aromatic heterocycles. The van der Waals surface area contributed by atoms with Gasteiger partial charge in [0.1, 0.15) is 0 Å². The van der Waals surface area contributed by atoms with E-state index in [9.17, 15) is 9.59 Å². The molecule has 0 fully saturated rings. The minimum atomic E-state index is -0.225. The van der Waals surface area contributed by atoms with Gasteiger partial charge in [-0.05, 0) is 38.1 Å². The van der Waals surface area contributed by atoms with Crippen LogP contribution in [0.3, 0.4) is 0 Å². The van der Waals surface area contributed by atoms with Crippen LogP contribution in [0.5, 0.6) is 0 Å². The minimum Gasteiger partial charge on any atom is -0.350 e. The lowest BCUT2D eigenvalue weighted by atomic mass is 10.1. The molecule has 1 N–H and O–H groups in total. The Morgan fingerprint density at radius 2 is 1.70 bits per heavy atom. The number of hydrogen-bond acceptors (Lipinski definition) is 2. The second-order valence-corrected chi connectivity index (χ2v) is 7.01. The summed E-state index contributed by atoms with van der Waals surface area (Å²) in [6.45, 7) is 3.87. The van der Waals surface area contributed by atoms with Crippen molar-refractivity contribution < 1.29 is 4.79 Å². The molecule has 27 heavy (non-hydrogen) atoms. The van der Waals surface area contributed by atoms with E-state index in [1.807, 2.05) is 74.1 Å². The molecule has 1 amide bonds. The first-order chi connectivity index (χ1) is 13.0. The predicted molar refractivity (Wildman–Crippen MR) is 109 cm³/mol. The quantitative estimate of drug-likeness (QED) is 0.592. The van der Waals surface area contributed by atoms with E-state index in [2.05, 4.69) is 5.32 Å². The van der Waals surface area contributed by atoms with Crippen molar-refractivity contribution in [2.45, 2.75) is 19.9 Å². The zero-order valence-electron chi connectivity index (χ0n) is 15.6. The first kappa shape index (κ1) is 17.1. The molecule has 0 saturated carbocycles. The summed E-state index contributed by atoms with van der Waals surface area (Å²) in [6.07, 6.45) is 3.63. The molecule has 2 heterocycles. The van der Waals surface area contributed by atoms with Crippen LogP contribution in [0.2, 0.25) is 0 Å². The summed E-state index contributed by atoms with van der Waals surface area (Å²) in [4.78, 5) is 25.8. The number of fused-ring (bicyclic) bond motifs is 2. The summed E-state index contributed by atoms with van der Waals surface area (Å²) in [5.74, 6) is -0.225. The van der Waals surface area contributed by atoms with E-state index in [-0.39, 0.29) is 17.5 Å². The van der Waals surface area contributed by atoms with Crippen LogP contribution in [0.25, 0.3) is 21.7 Å². The van der Waals surface area contributed by atoms with Crippen LogP contribution >= 0.6 is 0 Å². The second-order valence-electron chi connectivity index (χ2n) is 7.01. The van der Waals surface area contributed by atoms with Crippen LogP contribution in [0.15, 0.2) is 65.7 Å². The highest BCUT2D eigenvalue weighted by molar-refractivity contribution is 6.14. The van der Waals surface area contributed by atoms with E-state index in [4.69, 9.17) is 0 Å². The second kappa shape index (κ2) is 6.43. The molecular formula is C22H21N3O2. The molecular weight excluding hydrogens is 338 g/mol. The Kier molecular flexibility index (Phi) is 4.07. The van der Waals surface area contributed by atoms with Gasteiger partial charge in [0.2, 0.25) is 0 Å². The molecule has 0 unspecified atom stereocenters. The SMILES string of the molecule is CC(C)n1cc(C(=O)Nc2cccc3c2ccn3C)c2ccccc2c1=O. The molecule has 0 bridgehead atoms. The van der Waals surface area contributed by atoms with E-state index in [0.29, 0.717) is 16.3 Å². The molecule has 0 spiro atoms. The van der Waals surface area contributed by atoms with E-state index in [1.165, 1.54) is 0 Å². The van der Waals surface area contributed by atoms with Crippen LogP contribution in [0.1, 0.15) is 30.2 Å². The highest BCUT2D eigenvalue weighted by Gasteiger charge is 2.17. The summed E-state index contributed by atoms with van der Waals surface area (Å²) in [5.41, 5.74) is 2.21. The Morgan fingerprint density at radius 1 is 0.963 bits per heavy atom. The normalized spacial score (nSPS) is 11.4. The van der Waals surface area contributed by atoms with Gasteiger partial charge in [0.15, 0.2) is 0 Å². The van der Waals surface area contributed by atoms with Crippen LogP contribution in [-0.4, -0.2) is 15.0 Å². The van der Waals surface area contributed by atoms with Crippen molar-refractivity contribution in [2.24, 2.45) is 7.05 Å². The highest BCUT2D eigenvalue weighted by atomic mass is 16.2. The zero-order chi connectivity index (χ0) is 19.1. The van der Waals surface area contributed by atoms with Crippen molar-refractivity contribution in [1.82, 2.24) is 9.13 Å². The standard InChI is InChI=1S/C22H21N3O2/c1-14(2)25-13-18(15-7-4-5-8-16(15)22(25)27)21(26)23-19-9-6-10-20-17(19)11-12-24(20)3/h4-14H,1-3H3,(H,23,26). The van der Waals surface area contributed by atoms with Crippen LogP contribution in [-0.2, 0) is 7.05 Å². The number of anilines is 1. The number of amides is 1. The number of hydrogen-bond donors (Lipinski definition) is 1. The first-order valence-corrected chi connectivity index (χ1v) is 8.96. The maximum Gasteiger partial charge on any atom is 0.258 e. The molecule has 0 aliphatic carbocycles. The van der Waals surface area contributed by atoms with Crippen LogP contribution in [0.4, 0.5) is 5.69 Å². The summed E-state index contributed by atoms with van der Waals surface area (Å²) in [5, 5.41) is 5.22. The number of pyridine rings is 1. The molecule has 4 rings (SSSR count). The Balaban J connectivity index is 1.85. The summed E-state index contributed by atoms with van der Waals surface area (Å²) in [6, 6.07) is 15.0. The maximum atomic E-state index is 13.1. The van der Waals surface area contributed by atoms with Crippen molar-refractivity contribution in [2.75, 3.05) is 5.32 Å². The Morgan fingerprint density at radius 3 is 2.44 bits per heavy atom. The molecule has 5 nitrogen and oxygen atoms in total. The van der Waals surface area contributed by atoms with Crippen LogP contribution < -0.4 is 10.9 Å². The number of nitrogens with zero attached hydrogens (tertiary/aromatic N) is 2. The lowest BCUT2D eigenvalue weighted by Gasteiger charge is -2.15. The molecule has 0 radical (unpaired) electrons. The zero-order valence-corrected chi connectivity index (χ0v) is 15.6. The van der Waals surface area contributed by atoms with E-state index in [0.717, 1.165) is 16.6 Å². The van der Waals surface area contributed by atoms with Gasteiger partial charge in [-0.15, -0.1) is 0 Å². The molecule has 0 saturated heterocycles. The van der Waals surface area contributed by atoms with Gasteiger partial charge in [-0.3, -0.25) is 9.59 Å². The molecule has 136 valence electrons. The molecule has 0 aliphatic rings. The van der Waals surface area contributed by atoms with Gasteiger partial charge in [0.05, 0.1) is 11.3 Å². The first-order valence-electron chi connectivity index (χ1n) is 8.96. The monoisotopic (exact) mass is 359 g/mol. The lowest BCUT2D eigenvalue weighted by Crippen LogP contribution is -2.25. The Labute approximate surface area is 156 Å². The van der Waals surface area contributed by atoms with Gasteiger partial charge in [0, 0.05) is 47.2 Å². The number of carbonyl (C=O) groups is 1. The van der Waals surface area contributed by atoms with Gasteiger partial charge in [-0.25, -0.2) is 0 Å². The molecule has 5 heteroatoms. The third-order valence-corrected chi connectivity index (χ3v) is 4.93. The maximum absolute atomic E-state index is 13.1. The number of carbonyl (C=O) groups excluding carboxylic acids is 1. The van der Waals surface area contributed by atoms with Crippen molar-refractivity contribution >= 4 is 33.3 Å². The van der Waals surface area contributed by atoms with Gasteiger partial charge in [-0.1, -0.05) is 24.3 Å². The highest BCUT2D eigenvalue weighted by Crippen LogP contribution is 2.25. The number of aromatic nitrogens is 2. The van der Waals surface area contributed by atoms with Gasteiger partial charge in [0.25, 0.3) is 11.5 Å². The number of benzene rings is 2. The van der Waals surface area contributed by atoms with Gasteiger partial charge < -0.3 is 14.5 Å². The van der Waals surface area contributed by atoms with Gasteiger partial charge in [-0.2, -0.15) is 0 Å². The van der Waals surface area contributed by atoms with Crippen LogP contribution in [0, 0.1) is 0 Å². The van der Waals surface area contributed by atoms with Crippen molar-refractivity contribution in [1.29, 1.82) is 0 Å². The third-order valence-electron chi connectivity index (χ3n) is 4.93. The number of aryl methyl sites for hydroxylation is 1. The van der Waals surface area contributed by atoms with E-state index in [1.54, 1.807) is 16.8 Å². The summed E-state index contributed by atoms with van der Waals surface area (Å²) in [7, 11) is 1.97. The fourth-order valence-corrected chi connectivity index (χ4v) is 3.48. The lowest BCUT2D eigenvalue weighted by molar-refractivity contribution is 0.102. The minimum absolute atomic E-state index is 0.0359. The summed E-state index contributed by atoms with van der Waals surface area (Å²) >= 11 is 0. The van der Waals surface area contributed by atoms with Crippen molar-refractivity contribution in [3.63, 3.8) is 0 Å². The average molecular weight is 359 g/mol. The average Bonchev–Trinajstić information content (AvgIpc) is 3.04. The number of nitrogens with one attached hydrogen (secondary N) is 1. The third kappa shape index (κ3) is 2.81. The topological polar surface area (TPSA) is 56.0 Å². The Hall–Kier alpha value is -3.34. The molecule has 4 aromatic rings. The largest absolute Gasteiger partial charge is 0.350 e. The fraction of sp³-hybridized carbons (Fsp3) is 0.182. The molecule has 0 atom stereocenters.